The Morgan fingerprint density at radius 2 is 1.94 bits per heavy atom. The molecule has 0 radical (unpaired) electrons. The molecule has 0 spiro atoms. The van der Waals surface area contributed by atoms with Crippen LogP contribution in [0.2, 0.25) is 0 Å². The molecule has 0 saturated heterocycles. The van der Waals surface area contributed by atoms with Crippen LogP contribution >= 0.6 is 11.8 Å². The number of hydrogen-bond acceptors (Lipinski definition) is 6. The highest BCUT2D eigenvalue weighted by molar-refractivity contribution is 7.98. The lowest BCUT2D eigenvalue weighted by Gasteiger charge is -2.20. The van der Waals surface area contributed by atoms with Crippen LogP contribution in [0.1, 0.15) is 39.7 Å². The fourth-order valence-corrected chi connectivity index (χ4v) is 5.04. The largest absolute Gasteiger partial charge is 0.469 e. The molecule has 6 rings (SSSR count). The van der Waals surface area contributed by atoms with Crippen molar-refractivity contribution in [3.8, 4) is 0 Å². The highest BCUT2D eigenvalue weighted by Crippen LogP contribution is 2.32. The van der Waals surface area contributed by atoms with Crippen LogP contribution in [0.25, 0.3) is 16.6 Å². The molecule has 0 saturated carbocycles. The molecule has 0 aliphatic heterocycles. The number of ketones is 1. The summed E-state index contributed by atoms with van der Waals surface area (Å²) in [6.45, 7) is 0. The predicted octanol–water partition coefficient (Wildman–Crippen LogP) is 5.08. The minimum Gasteiger partial charge on any atom is -0.469 e. The van der Waals surface area contributed by atoms with Gasteiger partial charge in [0.15, 0.2) is 5.78 Å². The summed E-state index contributed by atoms with van der Waals surface area (Å²) in [6, 6.07) is 18.5. The van der Waals surface area contributed by atoms with Crippen LogP contribution in [-0.4, -0.2) is 25.4 Å². The van der Waals surface area contributed by atoms with E-state index >= 15 is 0 Å². The molecule has 3 aromatic heterocycles. The topological polar surface area (TPSA) is 73.3 Å². The maximum Gasteiger partial charge on any atom is 0.253 e. The van der Waals surface area contributed by atoms with Crippen molar-refractivity contribution in [2.45, 2.75) is 29.7 Å². The highest BCUT2D eigenvalue weighted by atomic mass is 32.2. The molecule has 1 aliphatic carbocycles. The maximum absolute atomic E-state index is 12.7. The van der Waals surface area contributed by atoms with Gasteiger partial charge >= 0.3 is 0 Å². The van der Waals surface area contributed by atoms with Crippen molar-refractivity contribution in [3.63, 3.8) is 0 Å². The number of benzene rings is 2. The smallest absolute Gasteiger partial charge is 0.253 e. The number of Topliss-reactive ketones (excluding diaryl/α,β-unsaturated/α-hetero) is 1. The fraction of sp³-hybridized carbons (Fsp3) is 0.167. The van der Waals surface area contributed by atoms with Gasteiger partial charge in [0.2, 0.25) is 5.16 Å². The first-order chi connectivity index (χ1) is 15.2. The normalized spacial score (nSPS) is 16.1. The summed E-state index contributed by atoms with van der Waals surface area (Å²) >= 11 is 1.57. The van der Waals surface area contributed by atoms with Crippen molar-refractivity contribution in [1.29, 1.82) is 0 Å². The van der Waals surface area contributed by atoms with Gasteiger partial charge < -0.3 is 4.42 Å². The first-order valence-corrected chi connectivity index (χ1v) is 11.2. The third kappa shape index (κ3) is 3.31. The third-order valence-corrected chi connectivity index (χ3v) is 6.63. The molecule has 3 heterocycles. The zero-order valence-corrected chi connectivity index (χ0v) is 17.4. The van der Waals surface area contributed by atoms with Crippen molar-refractivity contribution >= 4 is 34.1 Å². The Hall–Kier alpha value is -3.45. The van der Waals surface area contributed by atoms with Gasteiger partial charge in [-0.3, -0.25) is 4.79 Å². The van der Waals surface area contributed by atoms with E-state index < -0.39 is 0 Å². The molecule has 5 aromatic rings. The first-order valence-electron chi connectivity index (χ1n) is 10.2. The molecule has 31 heavy (non-hydrogen) atoms. The van der Waals surface area contributed by atoms with E-state index in [9.17, 15) is 4.79 Å². The van der Waals surface area contributed by atoms with Gasteiger partial charge in [0.1, 0.15) is 5.76 Å². The Kier molecular flexibility index (Phi) is 4.35. The van der Waals surface area contributed by atoms with E-state index in [0.29, 0.717) is 29.3 Å². The number of rotatable bonds is 4. The van der Waals surface area contributed by atoms with Gasteiger partial charge in [0, 0.05) is 30.7 Å². The molecule has 0 amide bonds. The summed E-state index contributed by atoms with van der Waals surface area (Å²) < 4.78 is 7.14. The van der Waals surface area contributed by atoms with Crippen LogP contribution in [0, 0.1) is 0 Å². The van der Waals surface area contributed by atoms with E-state index in [1.807, 2.05) is 18.2 Å². The van der Waals surface area contributed by atoms with Crippen LogP contribution < -0.4 is 0 Å². The Morgan fingerprint density at radius 3 is 2.84 bits per heavy atom. The molecule has 0 N–H and O–H groups in total. The third-order valence-electron chi connectivity index (χ3n) is 5.75. The Labute approximate surface area is 182 Å². The summed E-state index contributed by atoms with van der Waals surface area (Å²) in [4.78, 5) is 22.0. The van der Waals surface area contributed by atoms with Crippen LogP contribution in [0.15, 0.2) is 76.6 Å². The van der Waals surface area contributed by atoms with Crippen molar-refractivity contribution in [1.82, 2.24) is 19.6 Å². The SMILES string of the molecule is O=C1CC(c2ccco2)Cc2nc3nc(SCc4cccc5ccccc45)nn3cc21. The molecule has 1 unspecified atom stereocenters. The maximum atomic E-state index is 12.7. The second kappa shape index (κ2) is 7.35. The van der Waals surface area contributed by atoms with E-state index in [1.54, 1.807) is 28.7 Å². The zero-order valence-electron chi connectivity index (χ0n) is 16.6. The van der Waals surface area contributed by atoms with Gasteiger partial charge in [-0.05, 0) is 28.5 Å². The number of hydrogen-bond donors (Lipinski definition) is 0. The van der Waals surface area contributed by atoms with E-state index in [0.717, 1.165) is 17.2 Å². The summed E-state index contributed by atoms with van der Waals surface area (Å²) in [7, 11) is 0. The average Bonchev–Trinajstić information content (AvgIpc) is 3.46. The van der Waals surface area contributed by atoms with Crippen molar-refractivity contribution in [2.24, 2.45) is 0 Å². The molecule has 7 heteroatoms. The summed E-state index contributed by atoms with van der Waals surface area (Å²) in [5.74, 6) is 2.20. The quantitative estimate of drug-likeness (QED) is 0.373. The monoisotopic (exact) mass is 426 g/mol. The number of fused-ring (bicyclic) bond motifs is 3. The summed E-state index contributed by atoms with van der Waals surface area (Å²) in [5.41, 5.74) is 2.64. The lowest BCUT2D eigenvalue weighted by molar-refractivity contribution is 0.0958. The standard InChI is InChI=1S/C24H18N4O2S/c29-21-12-17(22-9-4-10-30-22)11-20-19(21)13-28-23(25-20)26-24(27-28)31-14-16-7-3-6-15-5-1-2-8-18(15)16/h1-10,13,17H,11-12,14H2. The summed E-state index contributed by atoms with van der Waals surface area (Å²) in [6.07, 6.45) is 4.50. The van der Waals surface area contributed by atoms with E-state index in [1.165, 1.54) is 16.3 Å². The van der Waals surface area contributed by atoms with Gasteiger partial charge in [-0.25, -0.2) is 9.50 Å². The van der Waals surface area contributed by atoms with Gasteiger partial charge in [-0.15, -0.1) is 5.10 Å². The van der Waals surface area contributed by atoms with Crippen molar-refractivity contribution in [2.75, 3.05) is 0 Å². The van der Waals surface area contributed by atoms with Crippen LogP contribution in [0.3, 0.4) is 0 Å². The Balaban J connectivity index is 1.28. The van der Waals surface area contributed by atoms with Crippen LogP contribution in [-0.2, 0) is 12.2 Å². The second-order valence-corrected chi connectivity index (χ2v) is 8.65. The number of carbonyl (C=O) groups excluding carboxylic acids is 1. The Bertz CT molecular complexity index is 1420. The molecular weight excluding hydrogens is 408 g/mol. The lowest BCUT2D eigenvalue weighted by Crippen LogP contribution is -2.21. The molecule has 6 nitrogen and oxygen atoms in total. The molecule has 1 aliphatic rings. The predicted molar refractivity (Wildman–Crippen MR) is 118 cm³/mol. The van der Waals surface area contributed by atoms with Crippen molar-refractivity contribution < 1.29 is 9.21 Å². The molecule has 0 bridgehead atoms. The number of aromatic nitrogens is 4. The zero-order chi connectivity index (χ0) is 20.8. The van der Waals surface area contributed by atoms with Gasteiger partial charge in [-0.1, -0.05) is 54.2 Å². The van der Waals surface area contributed by atoms with Gasteiger partial charge in [0.05, 0.1) is 17.5 Å². The fourth-order valence-electron chi connectivity index (χ4n) is 4.21. The van der Waals surface area contributed by atoms with E-state index in [-0.39, 0.29) is 11.7 Å². The molecule has 2 aromatic carbocycles. The molecule has 0 fully saturated rings. The van der Waals surface area contributed by atoms with Crippen LogP contribution in [0.5, 0.6) is 0 Å². The highest BCUT2D eigenvalue weighted by Gasteiger charge is 2.30. The lowest BCUT2D eigenvalue weighted by atomic mass is 9.85. The summed E-state index contributed by atoms with van der Waals surface area (Å²) in [5, 5.41) is 7.67. The minimum absolute atomic E-state index is 0.0214. The minimum atomic E-state index is 0.0214. The molecule has 152 valence electrons. The molecular formula is C24H18N4O2S. The molecule has 1 atom stereocenters. The number of nitrogens with zero attached hydrogens (tertiary/aromatic N) is 4. The van der Waals surface area contributed by atoms with E-state index in [4.69, 9.17) is 4.42 Å². The number of carbonyl (C=O) groups is 1. The van der Waals surface area contributed by atoms with Gasteiger partial charge in [-0.2, -0.15) is 4.98 Å². The first kappa shape index (κ1) is 18.3. The number of furan rings is 1. The number of thioether (sulfide) groups is 1. The van der Waals surface area contributed by atoms with Crippen LogP contribution in [0.4, 0.5) is 0 Å². The van der Waals surface area contributed by atoms with Gasteiger partial charge in [0.25, 0.3) is 5.78 Å². The van der Waals surface area contributed by atoms with Crippen molar-refractivity contribution in [3.05, 3.63) is 89.6 Å². The van der Waals surface area contributed by atoms with E-state index in [2.05, 4.69) is 51.5 Å². The second-order valence-electron chi connectivity index (χ2n) is 7.71. The Morgan fingerprint density at radius 1 is 1.03 bits per heavy atom. The average molecular weight is 427 g/mol.